The monoisotopic (exact) mass is 414 g/mol. The third kappa shape index (κ3) is 5.32. The van der Waals surface area contributed by atoms with Gasteiger partial charge in [-0.2, -0.15) is 5.10 Å². The molecule has 0 bridgehead atoms. The van der Waals surface area contributed by atoms with Crippen LogP contribution in [0.5, 0.6) is 0 Å². The molecule has 8 heteroatoms. The average Bonchev–Trinajstić information content (AvgIpc) is 3.06. The highest BCUT2D eigenvalue weighted by molar-refractivity contribution is 6.30. The first-order valence-corrected chi connectivity index (χ1v) is 9.70. The van der Waals surface area contributed by atoms with Crippen molar-refractivity contribution in [2.24, 2.45) is 0 Å². The Morgan fingerprint density at radius 1 is 1.17 bits per heavy atom. The maximum Gasteiger partial charge on any atom is 0.306 e. The molecule has 0 unspecified atom stereocenters. The second kappa shape index (κ2) is 9.05. The Kier molecular flexibility index (Phi) is 6.49. The Hall–Kier alpha value is -2.93. The Labute approximate surface area is 174 Å². The molecule has 1 N–H and O–H groups in total. The lowest BCUT2D eigenvalue weighted by atomic mass is 10.1. The normalized spacial score (nSPS) is 10.9. The fraction of sp³-hybridized carbons (Fsp3) is 0.333. The summed E-state index contributed by atoms with van der Waals surface area (Å²) in [6.07, 6.45) is 0.643. The van der Waals surface area contributed by atoms with Gasteiger partial charge in [-0.25, -0.2) is 9.50 Å². The summed E-state index contributed by atoms with van der Waals surface area (Å²) in [6, 6.07) is 9.07. The highest BCUT2D eigenvalue weighted by Gasteiger charge is 2.14. The van der Waals surface area contributed by atoms with Crippen molar-refractivity contribution in [2.75, 3.05) is 6.61 Å². The van der Waals surface area contributed by atoms with Gasteiger partial charge in [0.1, 0.15) is 0 Å². The molecule has 2 aromatic heterocycles. The first-order valence-electron chi connectivity index (χ1n) is 9.32. The highest BCUT2D eigenvalue weighted by atomic mass is 35.5. The van der Waals surface area contributed by atoms with Gasteiger partial charge in [-0.05, 0) is 50.5 Å². The summed E-state index contributed by atoms with van der Waals surface area (Å²) in [5.41, 5.74) is 5.38. The molecule has 0 saturated carbocycles. The average molecular weight is 415 g/mol. The summed E-state index contributed by atoms with van der Waals surface area (Å²) in [4.78, 5) is 28.5. The number of rotatable bonds is 7. The third-order valence-electron chi connectivity index (χ3n) is 4.63. The van der Waals surface area contributed by atoms with Crippen molar-refractivity contribution in [3.8, 4) is 0 Å². The van der Waals surface area contributed by atoms with E-state index in [4.69, 9.17) is 16.3 Å². The molecular weight excluding hydrogens is 392 g/mol. The maximum atomic E-state index is 12.1. The van der Waals surface area contributed by atoms with Gasteiger partial charge >= 0.3 is 5.97 Å². The lowest BCUT2D eigenvalue weighted by molar-refractivity contribution is -0.148. The lowest BCUT2D eigenvalue weighted by Crippen LogP contribution is -2.28. The number of hydrogen-bond acceptors (Lipinski definition) is 5. The number of hydrogen-bond donors (Lipinski definition) is 1. The van der Waals surface area contributed by atoms with Gasteiger partial charge in [-0.3, -0.25) is 9.59 Å². The van der Waals surface area contributed by atoms with Crippen LogP contribution in [0, 0.1) is 20.8 Å². The molecule has 0 saturated heterocycles. The van der Waals surface area contributed by atoms with Crippen molar-refractivity contribution in [1.82, 2.24) is 19.9 Å². The topological polar surface area (TPSA) is 85.6 Å². The van der Waals surface area contributed by atoms with Crippen LogP contribution >= 0.6 is 11.6 Å². The Balaban J connectivity index is 1.48. The quantitative estimate of drug-likeness (QED) is 0.600. The van der Waals surface area contributed by atoms with Gasteiger partial charge in [0.15, 0.2) is 12.3 Å². The molecule has 0 radical (unpaired) electrons. The van der Waals surface area contributed by atoms with E-state index in [1.807, 2.05) is 39.0 Å². The molecule has 7 nitrogen and oxygen atoms in total. The number of nitrogens with one attached hydrogen (secondary N) is 1. The molecule has 152 valence electrons. The predicted molar refractivity (Wildman–Crippen MR) is 110 cm³/mol. The van der Waals surface area contributed by atoms with Gasteiger partial charge < -0.3 is 10.1 Å². The number of aromatic nitrogens is 3. The molecule has 1 amide bonds. The van der Waals surface area contributed by atoms with Crippen LogP contribution in [-0.2, 0) is 27.3 Å². The number of nitrogens with zero attached hydrogens (tertiary/aromatic N) is 3. The Morgan fingerprint density at radius 2 is 1.90 bits per heavy atom. The lowest BCUT2D eigenvalue weighted by Gasteiger charge is -2.11. The summed E-state index contributed by atoms with van der Waals surface area (Å²) >= 11 is 5.83. The van der Waals surface area contributed by atoms with Crippen LogP contribution in [0.3, 0.4) is 0 Å². The van der Waals surface area contributed by atoms with Gasteiger partial charge in [0.2, 0.25) is 0 Å². The van der Waals surface area contributed by atoms with E-state index in [1.165, 1.54) is 0 Å². The molecule has 0 atom stereocenters. The van der Waals surface area contributed by atoms with Crippen molar-refractivity contribution >= 4 is 29.1 Å². The third-order valence-corrected chi connectivity index (χ3v) is 4.88. The van der Waals surface area contributed by atoms with E-state index >= 15 is 0 Å². The van der Waals surface area contributed by atoms with E-state index in [0.717, 1.165) is 33.9 Å². The summed E-state index contributed by atoms with van der Waals surface area (Å²) in [7, 11) is 0. The van der Waals surface area contributed by atoms with Crippen LogP contribution in [0.15, 0.2) is 30.3 Å². The molecule has 29 heavy (non-hydrogen) atoms. The van der Waals surface area contributed by atoms with Crippen molar-refractivity contribution in [2.45, 2.75) is 40.2 Å². The zero-order valence-corrected chi connectivity index (χ0v) is 17.4. The Bertz CT molecular complexity index is 1040. The molecule has 0 spiro atoms. The molecule has 0 aliphatic rings. The largest absolute Gasteiger partial charge is 0.456 e. The molecule has 2 heterocycles. The summed E-state index contributed by atoms with van der Waals surface area (Å²) in [6.45, 7) is 5.83. The summed E-state index contributed by atoms with van der Waals surface area (Å²) in [5.74, 6) is -0.780. The minimum absolute atomic E-state index is 0.166. The molecule has 0 fully saturated rings. The number of benzene rings is 1. The number of ether oxygens (including phenoxy) is 1. The fourth-order valence-electron chi connectivity index (χ4n) is 3.10. The standard InChI is InChI=1S/C21H23ClN4O3/c1-13-10-19-24-14(2)18(15(3)26(19)25-13)8-9-21(28)29-12-20(27)23-11-16-4-6-17(22)7-5-16/h4-7,10H,8-9,11-12H2,1-3H3,(H,23,27). The molecule has 1 aromatic carbocycles. The van der Waals surface area contributed by atoms with Crippen LogP contribution in [0.25, 0.3) is 5.65 Å². The van der Waals surface area contributed by atoms with Crippen LogP contribution in [0.1, 0.15) is 34.6 Å². The number of amides is 1. The Morgan fingerprint density at radius 3 is 2.62 bits per heavy atom. The zero-order valence-electron chi connectivity index (χ0n) is 16.7. The van der Waals surface area contributed by atoms with Crippen molar-refractivity contribution < 1.29 is 14.3 Å². The smallest absolute Gasteiger partial charge is 0.306 e. The number of esters is 1. The number of halogens is 1. The van der Waals surface area contributed by atoms with Gasteiger partial charge in [-0.1, -0.05) is 23.7 Å². The number of carbonyl (C=O) groups excluding carboxylic acids is 2. The number of fused-ring (bicyclic) bond motifs is 1. The van der Waals surface area contributed by atoms with E-state index in [1.54, 1.807) is 16.6 Å². The van der Waals surface area contributed by atoms with Gasteiger partial charge in [0, 0.05) is 35.4 Å². The van der Waals surface area contributed by atoms with Crippen LogP contribution < -0.4 is 5.32 Å². The molecule has 0 aliphatic carbocycles. The number of aryl methyl sites for hydroxylation is 3. The van der Waals surface area contributed by atoms with Crippen molar-refractivity contribution in [3.63, 3.8) is 0 Å². The minimum atomic E-state index is -0.429. The van der Waals surface area contributed by atoms with Crippen LogP contribution in [0.4, 0.5) is 0 Å². The van der Waals surface area contributed by atoms with Crippen LogP contribution in [-0.4, -0.2) is 33.1 Å². The van der Waals surface area contributed by atoms with Gasteiger partial charge in [0.25, 0.3) is 5.91 Å². The second-order valence-electron chi connectivity index (χ2n) is 6.88. The SMILES string of the molecule is Cc1cc2nc(C)c(CCC(=O)OCC(=O)NCc3ccc(Cl)cc3)c(C)n2n1. The van der Waals surface area contributed by atoms with E-state index in [2.05, 4.69) is 15.4 Å². The van der Waals surface area contributed by atoms with E-state index in [0.29, 0.717) is 18.0 Å². The maximum absolute atomic E-state index is 12.1. The predicted octanol–water partition coefficient (Wildman–Crippen LogP) is 3.10. The fourth-order valence-corrected chi connectivity index (χ4v) is 3.23. The van der Waals surface area contributed by atoms with Crippen molar-refractivity contribution in [3.05, 3.63) is 63.6 Å². The van der Waals surface area contributed by atoms with E-state index in [9.17, 15) is 9.59 Å². The molecule has 3 rings (SSSR count). The van der Waals surface area contributed by atoms with E-state index in [-0.39, 0.29) is 18.9 Å². The summed E-state index contributed by atoms with van der Waals surface area (Å²) in [5, 5.41) is 7.77. The molecular formula is C21H23ClN4O3. The summed E-state index contributed by atoms with van der Waals surface area (Å²) < 4.78 is 6.87. The van der Waals surface area contributed by atoms with Crippen molar-refractivity contribution in [1.29, 1.82) is 0 Å². The zero-order chi connectivity index (χ0) is 21.0. The second-order valence-corrected chi connectivity index (χ2v) is 7.32. The first-order chi connectivity index (χ1) is 13.8. The van der Waals surface area contributed by atoms with Gasteiger partial charge in [0.05, 0.1) is 5.69 Å². The highest BCUT2D eigenvalue weighted by Crippen LogP contribution is 2.17. The molecule has 3 aromatic rings. The van der Waals surface area contributed by atoms with Gasteiger partial charge in [-0.15, -0.1) is 0 Å². The number of carbonyl (C=O) groups is 2. The van der Waals surface area contributed by atoms with Crippen LogP contribution in [0.2, 0.25) is 5.02 Å². The molecule has 0 aliphatic heterocycles. The minimum Gasteiger partial charge on any atom is -0.456 e. The first kappa shape index (κ1) is 20.8. The van der Waals surface area contributed by atoms with E-state index < -0.39 is 5.97 Å².